The Morgan fingerprint density at radius 1 is 1.33 bits per heavy atom. The van der Waals surface area contributed by atoms with E-state index in [0.29, 0.717) is 6.20 Å². The molecule has 3 nitrogen and oxygen atoms in total. The Kier molecular flexibility index (Phi) is 4.24. The number of anilines is 1. The third-order valence-electron chi connectivity index (χ3n) is 2.08. The molecule has 1 aromatic rings. The summed E-state index contributed by atoms with van der Waals surface area (Å²) in [5, 5.41) is 2.50. The lowest BCUT2D eigenvalue weighted by Gasteiger charge is -2.18. The normalized spacial score (nSPS) is 12.4. The summed E-state index contributed by atoms with van der Waals surface area (Å²) in [6.45, 7) is 5.12. The van der Waals surface area contributed by atoms with E-state index in [-0.39, 0.29) is 15.3 Å². The van der Waals surface area contributed by atoms with Gasteiger partial charge >= 0.3 is 6.18 Å². The van der Waals surface area contributed by atoms with Crippen LogP contribution in [0.5, 0.6) is 0 Å². The molecule has 0 fully saturated rings. The zero-order chi connectivity index (χ0) is 14.1. The minimum Gasteiger partial charge on any atom is -0.309 e. The average Bonchev–Trinajstić information content (AvgIpc) is 2.17. The van der Waals surface area contributed by atoms with Gasteiger partial charge in [0.15, 0.2) is 0 Å². The number of pyridine rings is 1. The zero-order valence-electron chi connectivity index (χ0n) is 10.0. The van der Waals surface area contributed by atoms with Crippen LogP contribution in [0.4, 0.5) is 19.0 Å². The predicted octanol–water partition coefficient (Wildman–Crippen LogP) is 3.69. The van der Waals surface area contributed by atoms with Crippen molar-refractivity contribution in [3.63, 3.8) is 0 Å². The van der Waals surface area contributed by atoms with E-state index in [0.717, 1.165) is 6.07 Å². The molecule has 0 unspecified atom stereocenters. The Bertz CT molecular complexity index is 466. The van der Waals surface area contributed by atoms with Gasteiger partial charge in [-0.3, -0.25) is 4.79 Å². The van der Waals surface area contributed by atoms with E-state index in [1.165, 1.54) is 0 Å². The maximum atomic E-state index is 12.4. The van der Waals surface area contributed by atoms with Gasteiger partial charge in [-0.15, -0.1) is 0 Å². The van der Waals surface area contributed by atoms with Crippen LogP contribution in [-0.2, 0) is 11.0 Å². The number of aromatic nitrogens is 1. The maximum Gasteiger partial charge on any atom is 0.417 e. The second-order valence-electron chi connectivity index (χ2n) is 4.76. The molecule has 7 heteroatoms. The molecular formula is C11H12F3IN2O. The van der Waals surface area contributed by atoms with Crippen LogP contribution in [0.25, 0.3) is 0 Å². The first-order chi connectivity index (χ1) is 8.01. The molecule has 100 valence electrons. The van der Waals surface area contributed by atoms with Gasteiger partial charge in [0.05, 0.1) is 9.13 Å². The van der Waals surface area contributed by atoms with Crippen LogP contribution in [0.3, 0.4) is 0 Å². The number of rotatable bonds is 1. The SMILES string of the molecule is CC(C)(C)C(=O)Nc1ncc(C(F)(F)F)cc1I. The lowest BCUT2D eigenvalue weighted by molar-refractivity contribution is -0.137. The highest BCUT2D eigenvalue weighted by Gasteiger charge is 2.32. The van der Waals surface area contributed by atoms with Crippen LogP contribution >= 0.6 is 22.6 Å². The van der Waals surface area contributed by atoms with Gasteiger partial charge in [-0.05, 0) is 28.7 Å². The van der Waals surface area contributed by atoms with Gasteiger partial charge in [0.1, 0.15) is 5.82 Å². The van der Waals surface area contributed by atoms with Crippen LogP contribution < -0.4 is 5.32 Å². The van der Waals surface area contributed by atoms with Crippen LogP contribution in [-0.4, -0.2) is 10.9 Å². The van der Waals surface area contributed by atoms with Crippen LogP contribution in [0.1, 0.15) is 26.3 Å². The van der Waals surface area contributed by atoms with Gasteiger partial charge in [-0.2, -0.15) is 13.2 Å². The Balaban J connectivity index is 2.98. The smallest absolute Gasteiger partial charge is 0.309 e. The fraction of sp³-hybridized carbons (Fsp3) is 0.455. The van der Waals surface area contributed by atoms with Crippen molar-refractivity contribution in [3.05, 3.63) is 21.4 Å². The quantitative estimate of drug-likeness (QED) is 0.765. The Hall–Kier alpha value is -0.860. The molecule has 1 rings (SSSR count). The predicted molar refractivity (Wildman–Crippen MR) is 70.0 cm³/mol. The van der Waals surface area contributed by atoms with E-state index in [1.54, 1.807) is 43.4 Å². The van der Waals surface area contributed by atoms with Gasteiger partial charge in [-0.25, -0.2) is 4.98 Å². The summed E-state index contributed by atoms with van der Waals surface area (Å²) in [6.07, 6.45) is -3.72. The van der Waals surface area contributed by atoms with Gasteiger partial charge in [0.25, 0.3) is 0 Å². The van der Waals surface area contributed by atoms with Crippen LogP contribution in [0.2, 0.25) is 0 Å². The largest absolute Gasteiger partial charge is 0.417 e. The Morgan fingerprint density at radius 2 is 1.89 bits per heavy atom. The first kappa shape index (κ1) is 15.2. The second kappa shape index (κ2) is 5.02. The molecule has 0 bridgehead atoms. The summed E-state index contributed by atoms with van der Waals surface area (Å²) >= 11 is 1.71. The van der Waals surface area contributed by atoms with Crippen molar-refractivity contribution in [2.45, 2.75) is 26.9 Å². The van der Waals surface area contributed by atoms with Crippen molar-refractivity contribution in [2.75, 3.05) is 5.32 Å². The molecular weight excluding hydrogens is 360 g/mol. The minimum atomic E-state index is -4.43. The number of alkyl halides is 3. The standard InChI is InChI=1S/C11H12F3IN2O/c1-10(2,3)9(18)17-8-7(15)4-6(5-16-8)11(12,13)14/h4-5H,1-3H3,(H,16,17,18). The summed E-state index contributed by atoms with van der Waals surface area (Å²) in [7, 11) is 0. The van der Waals surface area contributed by atoms with Crippen molar-refractivity contribution in [2.24, 2.45) is 5.41 Å². The molecule has 0 spiro atoms. The molecule has 0 saturated carbocycles. The summed E-state index contributed by atoms with van der Waals surface area (Å²) in [5.74, 6) is -0.156. The fourth-order valence-electron chi connectivity index (χ4n) is 0.980. The average molecular weight is 372 g/mol. The molecule has 0 aromatic carbocycles. The molecule has 1 N–H and O–H groups in total. The number of hydrogen-bond acceptors (Lipinski definition) is 2. The van der Waals surface area contributed by atoms with E-state index >= 15 is 0 Å². The number of nitrogens with one attached hydrogen (secondary N) is 1. The topological polar surface area (TPSA) is 42.0 Å². The van der Waals surface area contributed by atoms with Gasteiger partial charge < -0.3 is 5.32 Å². The highest BCUT2D eigenvalue weighted by atomic mass is 127. The third kappa shape index (κ3) is 3.82. The van der Waals surface area contributed by atoms with E-state index in [1.807, 2.05) is 0 Å². The Labute approximate surface area is 116 Å². The highest BCUT2D eigenvalue weighted by Crippen LogP contribution is 2.31. The summed E-state index contributed by atoms with van der Waals surface area (Å²) < 4.78 is 37.5. The monoisotopic (exact) mass is 372 g/mol. The summed E-state index contributed by atoms with van der Waals surface area (Å²) in [5.41, 5.74) is -1.46. The zero-order valence-corrected chi connectivity index (χ0v) is 12.2. The number of amides is 1. The highest BCUT2D eigenvalue weighted by molar-refractivity contribution is 14.1. The lowest BCUT2D eigenvalue weighted by Crippen LogP contribution is -2.28. The summed E-state index contributed by atoms with van der Waals surface area (Å²) in [4.78, 5) is 15.3. The van der Waals surface area contributed by atoms with Gasteiger partial charge in [0.2, 0.25) is 5.91 Å². The minimum absolute atomic E-state index is 0.142. The molecule has 18 heavy (non-hydrogen) atoms. The molecule has 1 aromatic heterocycles. The maximum absolute atomic E-state index is 12.4. The second-order valence-corrected chi connectivity index (χ2v) is 5.92. The number of carbonyl (C=O) groups excluding carboxylic acids is 1. The van der Waals surface area contributed by atoms with Crippen molar-refractivity contribution in [3.8, 4) is 0 Å². The molecule has 0 aliphatic carbocycles. The first-order valence-electron chi connectivity index (χ1n) is 5.06. The molecule has 1 amide bonds. The molecule has 0 saturated heterocycles. The van der Waals surface area contributed by atoms with E-state index in [4.69, 9.17) is 0 Å². The number of hydrogen-bond donors (Lipinski definition) is 1. The Morgan fingerprint density at radius 3 is 2.28 bits per heavy atom. The first-order valence-corrected chi connectivity index (χ1v) is 6.14. The van der Waals surface area contributed by atoms with Crippen molar-refractivity contribution in [1.29, 1.82) is 0 Å². The molecule has 0 radical (unpaired) electrons. The van der Waals surface area contributed by atoms with Crippen LogP contribution in [0, 0.1) is 8.99 Å². The van der Waals surface area contributed by atoms with E-state index in [9.17, 15) is 18.0 Å². The van der Waals surface area contributed by atoms with E-state index < -0.39 is 17.2 Å². The van der Waals surface area contributed by atoms with Crippen molar-refractivity contribution < 1.29 is 18.0 Å². The lowest BCUT2D eigenvalue weighted by atomic mass is 9.96. The number of halogens is 4. The molecule has 0 aliphatic heterocycles. The van der Waals surface area contributed by atoms with Crippen molar-refractivity contribution >= 4 is 34.3 Å². The number of carbonyl (C=O) groups is 1. The third-order valence-corrected chi connectivity index (χ3v) is 2.90. The van der Waals surface area contributed by atoms with Crippen molar-refractivity contribution in [1.82, 2.24) is 4.98 Å². The van der Waals surface area contributed by atoms with Gasteiger partial charge in [0, 0.05) is 11.6 Å². The molecule has 0 atom stereocenters. The van der Waals surface area contributed by atoms with Gasteiger partial charge in [-0.1, -0.05) is 20.8 Å². The molecule has 1 heterocycles. The van der Waals surface area contributed by atoms with E-state index in [2.05, 4.69) is 10.3 Å². The number of nitrogens with zero attached hydrogens (tertiary/aromatic N) is 1. The van der Waals surface area contributed by atoms with Crippen LogP contribution in [0.15, 0.2) is 12.3 Å². The summed E-state index contributed by atoms with van der Waals surface area (Å²) in [6, 6.07) is 0.950. The fourth-order valence-corrected chi connectivity index (χ4v) is 1.59. The molecule has 0 aliphatic rings.